The number of amides is 1. The van der Waals surface area contributed by atoms with Crippen LogP contribution in [-0.4, -0.2) is 28.9 Å². The zero-order valence-corrected chi connectivity index (χ0v) is 13.0. The predicted octanol–water partition coefficient (Wildman–Crippen LogP) is 2.70. The van der Waals surface area contributed by atoms with Crippen molar-refractivity contribution in [2.24, 2.45) is 11.1 Å². The smallest absolute Gasteiger partial charge is 0.235 e. The van der Waals surface area contributed by atoms with Gasteiger partial charge in [-0.2, -0.15) is 0 Å². The summed E-state index contributed by atoms with van der Waals surface area (Å²) in [5.41, 5.74) is 6.37. The number of likely N-dealkylation sites (tertiary alicyclic amines) is 1. The van der Waals surface area contributed by atoms with Gasteiger partial charge in [0.05, 0.1) is 10.4 Å². The van der Waals surface area contributed by atoms with Gasteiger partial charge in [0, 0.05) is 19.0 Å². The van der Waals surface area contributed by atoms with E-state index in [1.54, 1.807) is 0 Å². The van der Waals surface area contributed by atoms with Crippen molar-refractivity contribution in [1.82, 2.24) is 4.90 Å². The molecule has 2 rings (SSSR count). The molecule has 0 radical (unpaired) electrons. The summed E-state index contributed by atoms with van der Waals surface area (Å²) >= 11 is 5.09. The van der Waals surface area contributed by atoms with E-state index >= 15 is 0 Å². The van der Waals surface area contributed by atoms with Crippen molar-refractivity contribution in [2.75, 3.05) is 13.1 Å². The van der Waals surface area contributed by atoms with Gasteiger partial charge in [0.1, 0.15) is 0 Å². The summed E-state index contributed by atoms with van der Waals surface area (Å²) in [7, 11) is 0. The Labute approximate surface area is 126 Å². The molecule has 0 bridgehead atoms. The molecule has 1 heterocycles. The van der Waals surface area contributed by atoms with E-state index in [0.29, 0.717) is 17.3 Å². The lowest BCUT2D eigenvalue weighted by atomic mass is 9.86. The van der Waals surface area contributed by atoms with Gasteiger partial charge in [-0.15, -0.1) is 0 Å². The maximum Gasteiger partial charge on any atom is 0.235 e. The summed E-state index contributed by atoms with van der Waals surface area (Å²) in [4.78, 5) is 14.9. The van der Waals surface area contributed by atoms with Gasteiger partial charge in [-0.1, -0.05) is 49.5 Å². The molecule has 2 N–H and O–H groups in total. The number of nitrogens with zero attached hydrogens (tertiary/aromatic N) is 1. The Morgan fingerprint density at radius 2 is 2.10 bits per heavy atom. The van der Waals surface area contributed by atoms with Crippen LogP contribution in [0.2, 0.25) is 0 Å². The SMILES string of the molecule is CCC(C)(C(=O)N1CCC(c2ccccc2)C1)C(N)=S. The maximum atomic E-state index is 12.7. The molecule has 20 heavy (non-hydrogen) atoms. The van der Waals surface area contributed by atoms with Crippen molar-refractivity contribution in [3.63, 3.8) is 0 Å². The highest BCUT2D eigenvalue weighted by Crippen LogP contribution is 2.32. The number of rotatable bonds is 4. The minimum Gasteiger partial charge on any atom is -0.392 e. The number of benzene rings is 1. The van der Waals surface area contributed by atoms with Crippen LogP contribution in [0.3, 0.4) is 0 Å². The summed E-state index contributed by atoms with van der Waals surface area (Å²) in [6.07, 6.45) is 1.65. The summed E-state index contributed by atoms with van der Waals surface area (Å²) < 4.78 is 0. The van der Waals surface area contributed by atoms with Crippen LogP contribution in [0.4, 0.5) is 0 Å². The fourth-order valence-electron chi connectivity index (χ4n) is 2.72. The van der Waals surface area contributed by atoms with E-state index in [0.717, 1.165) is 19.5 Å². The van der Waals surface area contributed by atoms with Gasteiger partial charge in [0.25, 0.3) is 0 Å². The molecule has 1 aromatic rings. The molecule has 1 aliphatic heterocycles. The molecule has 1 aromatic carbocycles. The van der Waals surface area contributed by atoms with E-state index in [2.05, 4.69) is 12.1 Å². The molecule has 0 spiro atoms. The first-order chi connectivity index (χ1) is 9.49. The second-order valence-corrected chi connectivity index (χ2v) is 6.14. The van der Waals surface area contributed by atoms with Crippen LogP contribution < -0.4 is 5.73 Å². The Bertz CT molecular complexity index is 502. The van der Waals surface area contributed by atoms with E-state index in [-0.39, 0.29) is 5.91 Å². The molecule has 1 amide bonds. The van der Waals surface area contributed by atoms with Crippen LogP contribution in [0.1, 0.15) is 38.2 Å². The van der Waals surface area contributed by atoms with Gasteiger partial charge >= 0.3 is 0 Å². The predicted molar refractivity (Wildman–Crippen MR) is 85.6 cm³/mol. The van der Waals surface area contributed by atoms with Crippen LogP contribution in [0.5, 0.6) is 0 Å². The van der Waals surface area contributed by atoms with Crippen molar-refractivity contribution >= 4 is 23.1 Å². The normalized spacial score (nSPS) is 21.5. The Morgan fingerprint density at radius 1 is 1.45 bits per heavy atom. The number of hydrogen-bond acceptors (Lipinski definition) is 2. The highest BCUT2D eigenvalue weighted by Gasteiger charge is 2.40. The van der Waals surface area contributed by atoms with Crippen LogP contribution in [0.25, 0.3) is 0 Å². The van der Waals surface area contributed by atoms with E-state index in [1.165, 1.54) is 5.56 Å². The molecule has 2 atom stereocenters. The average Bonchev–Trinajstić information content (AvgIpc) is 2.96. The topological polar surface area (TPSA) is 46.3 Å². The second kappa shape index (κ2) is 5.92. The Hall–Kier alpha value is -1.42. The molecule has 1 fully saturated rings. The minimum atomic E-state index is -0.707. The van der Waals surface area contributed by atoms with Gasteiger partial charge < -0.3 is 10.6 Å². The highest BCUT2D eigenvalue weighted by atomic mass is 32.1. The van der Waals surface area contributed by atoms with E-state index in [1.807, 2.05) is 36.9 Å². The fraction of sp³-hybridized carbons (Fsp3) is 0.500. The molecular weight excluding hydrogens is 268 g/mol. The molecule has 108 valence electrons. The third-order valence-electron chi connectivity index (χ3n) is 4.47. The molecule has 1 aliphatic rings. The summed E-state index contributed by atoms with van der Waals surface area (Å²) in [5, 5.41) is 0. The first-order valence-corrected chi connectivity index (χ1v) is 7.54. The van der Waals surface area contributed by atoms with Crippen molar-refractivity contribution < 1.29 is 4.79 Å². The number of nitrogens with two attached hydrogens (primary N) is 1. The lowest BCUT2D eigenvalue weighted by Crippen LogP contribution is -2.47. The molecule has 3 nitrogen and oxygen atoms in total. The molecule has 1 saturated heterocycles. The lowest BCUT2D eigenvalue weighted by Gasteiger charge is -2.30. The quantitative estimate of drug-likeness (QED) is 0.867. The van der Waals surface area contributed by atoms with Crippen molar-refractivity contribution in [1.29, 1.82) is 0 Å². The number of carbonyl (C=O) groups is 1. The third-order valence-corrected chi connectivity index (χ3v) is 4.92. The van der Waals surface area contributed by atoms with Gasteiger partial charge in [-0.05, 0) is 25.3 Å². The van der Waals surface area contributed by atoms with Gasteiger partial charge in [-0.25, -0.2) is 0 Å². The van der Waals surface area contributed by atoms with E-state index < -0.39 is 5.41 Å². The molecular formula is C16H22N2OS. The van der Waals surface area contributed by atoms with E-state index in [9.17, 15) is 4.79 Å². The number of thiocarbonyl (C=S) groups is 1. The van der Waals surface area contributed by atoms with Gasteiger partial charge in [0.15, 0.2) is 0 Å². The largest absolute Gasteiger partial charge is 0.392 e. The molecule has 0 saturated carbocycles. The standard InChI is InChI=1S/C16H22N2OS/c1-3-16(2,14(17)20)15(19)18-10-9-13(11-18)12-7-5-4-6-8-12/h4-8,13H,3,9-11H2,1-2H3,(H2,17,20). The number of hydrogen-bond donors (Lipinski definition) is 1. The Kier molecular flexibility index (Phi) is 4.43. The monoisotopic (exact) mass is 290 g/mol. The van der Waals surface area contributed by atoms with Crippen molar-refractivity contribution in [3.8, 4) is 0 Å². The average molecular weight is 290 g/mol. The molecule has 2 unspecified atom stereocenters. The van der Waals surface area contributed by atoms with Gasteiger partial charge in [0.2, 0.25) is 5.91 Å². The third kappa shape index (κ3) is 2.70. The van der Waals surface area contributed by atoms with Crippen LogP contribution in [0.15, 0.2) is 30.3 Å². The fourth-order valence-corrected chi connectivity index (χ4v) is 2.95. The zero-order chi connectivity index (χ0) is 14.8. The summed E-state index contributed by atoms with van der Waals surface area (Å²) in [6, 6.07) is 10.4. The second-order valence-electron chi connectivity index (χ2n) is 5.70. The van der Waals surface area contributed by atoms with Crippen LogP contribution in [0, 0.1) is 5.41 Å². The minimum absolute atomic E-state index is 0.0749. The first-order valence-electron chi connectivity index (χ1n) is 7.13. The summed E-state index contributed by atoms with van der Waals surface area (Å²) in [5.74, 6) is 0.499. The molecule has 4 heteroatoms. The molecule has 0 aromatic heterocycles. The summed E-state index contributed by atoms with van der Waals surface area (Å²) in [6.45, 7) is 5.37. The zero-order valence-electron chi connectivity index (χ0n) is 12.1. The van der Waals surface area contributed by atoms with Crippen molar-refractivity contribution in [3.05, 3.63) is 35.9 Å². The van der Waals surface area contributed by atoms with E-state index in [4.69, 9.17) is 18.0 Å². The number of carbonyl (C=O) groups excluding carboxylic acids is 1. The maximum absolute atomic E-state index is 12.7. The van der Waals surface area contributed by atoms with Crippen molar-refractivity contribution in [2.45, 2.75) is 32.6 Å². The Balaban J connectivity index is 2.10. The highest BCUT2D eigenvalue weighted by molar-refractivity contribution is 7.80. The Morgan fingerprint density at radius 3 is 2.65 bits per heavy atom. The molecule has 0 aliphatic carbocycles. The first kappa shape index (κ1) is 15.0. The lowest BCUT2D eigenvalue weighted by molar-refractivity contribution is -0.136. The van der Waals surface area contributed by atoms with Crippen LogP contribution >= 0.6 is 12.2 Å². The van der Waals surface area contributed by atoms with Crippen LogP contribution in [-0.2, 0) is 4.79 Å². The van der Waals surface area contributed by atoms with Gasteiger partial charge in [-0.3, -0.25) is 4.79 Å².